The SMILES string of the molecule is [2H]c1c([2H])c2c(c(C([2H])([2H])C([2H])([2H])N(C([2H])([2H])CC)C([2H])([2H])CC)c1[2H])C([2H])([2H])C(=O)N2. The van der Waals surface area contributed by atoms with E-state index < -0.39 is 85.9 Å². The summed E-state index contributed by atoms with van der Waals surface area (Å²) in [4.78, 5) is 12.2. The predicted octanol–water partition coefficient (Wildman–Crippen LogP) is 2.85. The highest BCUT2D eigenvalue weighted by Crippen LogP contribution is 2.26. The van der Waals surface area contributed by atoms with Crippen LogP contribution in [-0.4, -0.2) is 30.3 Å². The zero-order chi connectivity index (χ0) is 25.2. The summed E-state index contributed by atoms with van der Waals surface area (Å²) >= 11 is 0. The van der Waals surface area contributed by atoms with Crippen LogP contribution in [0.2, 0.25) is 0 Å². The summed E-state index contributed by atoms with van der Waals surface area (Å²) < 4.78 is 107. The number of benzene rings is 1. The summed E-state index contributed by atoms with van der Waals surface area (Å²) in [5.74, 6) is -1.28. The van der Waals surface area contributed by atoms with Gasteiger partial charge in [-0.2, -0.15) is 0 Å². The first-order chi connectivity index (χ1) is 14.2. The number of hydrogen-bond donors (Lipinski definition) is 1. The molecule has 0 radical (unpaired) electrons. The Morgan fingerprint density at radius 1 is 1.37 bits per heavy atom. The Hall–Kier alpha value is -1.35. The maximum Gasteiger partial charge on any atom is 0.228 e. The molecule has 0 bridgehead atoms. The fourth-order valence-electron chi connectivity index (χ4n) is 1.54. The van der Waals surface area contributed by atoms with Crippen LogP contribution in [0.4, 0.5) is 5.69 Å². The first-order valence-electron chi connectivity index (χ1n) is 12.5. The number of rotatable bonds is 7. The molecule has 0 spiro atoms. The van der Waals surface area contributed by atoms with E-state index in [9.17, 15) is 4.79 Å². The van der Waals surface area contributed by atoms with Crippen LogP contribution in [-0.2, 0) is 17.5 Å². The maximum absolute atomic E-state index is 12.2. The summed E-state index contributed by atoms with van der Waals surface area (Å²) in [5, 5.41) is 2.04. The van der Waals surface area contributed by atoms with Gasteiger partial charge < -0.3 is 10.2 Å². The van der Waals surface area contributed by atoms with Crippen molar-refractivity contribution in [3.63, 3.8) is 0 Å². The number of hydrogen-bond acceptors (Lipinski definition) is 2. The summed E-state index contributed by atoms with van der Waals surface area (Å²) in [5.41, 5.74) is -2.44. The highest BCUT2D eigenvalue weighted by Gasteiger charge is 2.20. The van der Waals surface area contributed by atoms with Gasteiger partial charge in [-0.25, -0.2) is 0 Å². The fraction of sp³-hybridized carbons (Fsp3) is 0.562. The van der Waals surface area contributed by atoms with E-state index in [1.54, 1.807) is 0 Å². The standard InChI is InChI=1S/C16H24N2O/c1-3-9-18(10-4-2)11-8-13-6-5-7-15-14(13)12-16(19)17-15/h5-7H,3-4,8-12H2,1-2H3,(H,17,19)/i5D,6D,7D,8D2,9D2,10D2,11D2,12D2. The van der Waals surface area contributed by atoms with Crippen LogP contribution in [0.3, 0.4) is 0 Å². The summed E-state index contributed by atoms with van der Waals surface area (Å²) in [6, 6.07) is -2.68. The smallest absolute Gasteiger partial charge is 0.228 e. The van der Waals surface area contributed by atoms with Crippen LogP contribution >= 0.6 is 0 Å². The highest BCUT2D eigenvalue weighted by atomic mass is 16.1. The highest BCUT2D eigenvalue weighted by molar-refractivity contribution is 5.99. The number of amides is 1. The first kappa shape index (κ1) is 4.88. The molecule has 104 valence electrons. The van der Waals surface area contributed by atoms with E-state index in [0.717, 1.165) is 0 Å². The number of fused-ring (bicyclic) bond motifs is 1. The number of carbonyl (C=O) groups excluding carboxylic acids is 1. The monoisotopic (exact) mass is 273 g/mol. The molecule has 1 aromatic carbocycles. The minimum Gasteiger partial charge on any atom is -0.326 e. The van der Waals surface area contributed by atoms with Gasteiger partial charge in [0.2, 0.25) is 5.91 Å². The van der Waals surface area contributed by atoms with Crippen LogP contribution in [0.1, 0.15) is 55.6 Å². The van der Waals surface area contributed by atoms with Gasteiger partial charge in [0.15, 0.2) is 0 Å². The van der Waals surface area contributed by atoms with Gasteiger partial charge in [0.25, 0.3) is 0 Å². The van der Waals surface area contributed by atoms with Gasteiger partial charge in [-0.3, -0.25) is 4.79 Å². The van der Waals surface area contributed by atoms with Crippen molar-refractivity contribution in [2.45, 2.75) is 39.4 Å². The molecule has 3 heteroatoms. The lowest BCUT2D eigenvalue weighted by molar-refractivity contribution is -0.115. The molecule has 1 aliphatic heterocycles. The molecule has 0 saturated heterocycles. The van der Waals surface area contributed by atoms with Crippen molar-refractivity contribution in [2.75, 3.05) is 24.8 Å². The van der Waals surface area contributed by atoms with Gasteiger partial charge in [0.05, 0.1) is 10.5 Å². The van der Waals surface area contributed by atoms with E-state index in [4.69, 9.17) is 17.8 Å². The molecule has 0 aromatic heterocycles. The molecule has 0 aliphatic carbocycles. The van der Waals surface area contributed by atoms with E-state index in [2.05, 4.69) is 0 Å². The van der Waals surface area contributed by atoms with E-state index in [0.29, 0.717) is 0 Å². The van der Waals surface area contributed by atoms with Crippen molar-refractivity contribution < 1.29 is 22.6 Å². The van der Waals surface area contributed by atoms with Crippen LogP contribution in [0, 0.1) is 0 Å². The second kappa shape index (κ2) is 6.71. The third-order valence-electron chi connectivity index (χ3n) is 2.28. The Kier molecular flexibility index (Phi) is 1.73. The average Bonchev–Trinajstić information content (AvgIpc) is 2.89. The van der Waals surface area contributed by atoms with Gasteiger partial charge in [-0.05, 0) is 49.4 Å². The minimum absolute atomic E-state index is 0.0802. The second-order valence-corrected chi connectivity index (χ2v) is 3.67. The molecule has 0 saturated carbocycles. The molecule has 1 N–H and O–H groups in total. The average molecular weight is 273 g/mol. The van der Waals surface area contributed by atoms with E-state index in [-0.39, 0.29) is 4.90 Å². The van der Waals surface area contributed by atoms with Crippen molar-refractivity contribution in [2.24, 2.45) is 0 Å². The Morgan fingerprint density at radius 2 is 2.11 bits per heavy atom. The third kappa shape index (κ3) is 3.57. The van der Waals surface area contributed by atoms with E-state index in [1.807, 2.05) is 5.32 Å². The Bertz CT molecular complexity index is 929. The Balaban J connectivity index is 2.96. The van der Waals surface area contributed by atoms with Crippen molar-refractivity contribution in [3.8, 4) is 0 Å². The largest absolute Gasteiger partial charge is 0.326 e. The van der Waals surface area contributed by atoms with Gasteiger partial charge in [0, 0.05) is 25.9 Å². The predicted molar refractivity (Wildman–Crippen MR) is 79.5 cm³/mol. The minimum atomic E-state index is -3.52. The fourth-order valence-corrected chi connectivity index (χ4v) is 1.54. The van der Waals surface area contributed by atoms with Crippen LogP contribution in [0.15, 0.2) is 18.1 Å². The third-order valence-corrected chi connectivity index (χ3v) is 2.28. The number of carbonyl (C=O) groups is 1. The maximum atomic E-state index is 12.2. The molecular weight excluding hydrogens is 236 g/mol. The molecular formula is C16H24N2O. The molecule has 19 heavy (non-hydrogen) atoms. The van der Waals surface area contributed by atoms with E-state index >= 15 is 0 Å². The zero-order valence-corrected chi connectivity index (χ0v) is 10.8. The molecule has 0 atom stereocenters. The molecule has 1 heterocycles. The molecule has 0 unspecified atom stereocenters. The van der Waals surface area contributed by atoms with Crippen LogP contribution in [0.5, 0.6) is 0 Å². The van der Waals surface area contributed by atoms with Gasteiger partial charge in [-0.15, -0.1) is 0 Å². The van der Waals surface area contributed by atoms with Gasteiger partial charge >= 0.3 is 0 Å². The van der Waals surface area contributed by atoms with Crippen molar-refractivity contribution >= 4 is 11.6 Å². The normalized spacial score (nSPS) is 29.4. The lowest BCUT2D eigenvalue weighted by Gasteiger charge is -2.21. The molecule has 0 fully saturated rings. The van der Waals surface area contributed by atoms with Gasteiger partial charge in [0.1, 0.15) is 0 Å². The molecule has 1 amide bonds. The Morgan fingerprint density at radius 3 is 2.79 bits per heavy atom. The summed E-state index contributed by atoms with van der Waals surface area (Å²) in [6.07, 6.45) is -7.30. The zero-order valence-electron chi connectivity index (χ0n) is 23.8. The summed E-state index contributed by atoms with van der Waals surface area (Å²) in [7, 11) is 0. The van der Waals surface area contributed by atoms with Crippen molar-refractivity contribution in [3.05, 3.63) is 29.3 Å². The molecule has 3 nitrogen and oxygen atoms in total. The van der Waals surface area contributed by atoms with Crippen molar-refractivity contribution in [1.82, 2.24) is 4.90 Å². The lowest BCUT2D eigenvalue weighted by atomic mass is 10.0. The molecule has 1 aromatic rings. The molecule has 1 aliphatic rings. The number of nitrogens with one attached hydrogen (secondary N) is 1. The summed E-state index contributed by atoms with van der Waals surface area (Å²) in [6.45, 7) is -6.29. The quantitative estimate of drug-likeness (QED) is 0.828. The second-order valence-electron chi connectivity index (χ2n) is 3.67. The Labute approximate surface area is 134 Å². The molecule has 2 rings (SSSR count). The topological polar surface area (TPSA) is 32.3 Å². The first-order valence-corrected chi connectivity index (χ1v) is 6.00. The van der Waals surface area contributed by atoms with E-state index in [1.165, 1.54) is 13.8 Å². The number of anilines is 1. The van der Waals surface area contributed by atoms with Crippen molar-refractivity contribution in [1.29, 1.82) is 0 Å². The van der Waals surface area contributed by atoms with Crippen LogP contribution in [0.25, 0.3) is 0 Å². The lowest BCUT2D eigenvalue weighted by Crippen LogP contribution is -2.28. The van der Waals surface area contributed by atoms with Gasteiger partial charge in [-0.1, -0.05) is 25.9 Å². The van der Waals surface area contributed by atoms with Crippen LogP contribution < -0.4 is 5.32 Å². The number of nitrogens with zero attached hydrogens (tertiary/aromatic N) is 1.